The largest absolute Gasteiger partial charge is 0.378 e. The molecule has 2 aromatic rings. The summed E-state index contributed by atoms with van der Waals surface area (Å²) in [5.41, 5.74) is 3.63. The summed E-state index contributed by atoms with van der Waals surface area (Å²) in [6.07, 6.45) is 0. The Hall–Kier alpha value is -2.38. The van der Waals surface area contributed by atoms with Crippen molar-refractivity contribution in [3.63, 3.8) is 0 Å². The molecule has 0 unspecified atom stereocenters. The van der Waals surface area contributed by atoms with E-state index < -0.39 is 10.0 Å². The molecule has 0 atom stereocenters. The maximum Gasteiger partial charge on any atom is 0.262 e. The standard InChI is InChI=1S/C20H24N2O4S/c1-14-12-16(3)19(13-15(14)2)27(24,25)21-18-6-4-17(5-7-18)20(23)22-8-10-26-11-9-22/h4-7,12-13,21H,8-11H2,1-3H3. The van der Waals surface area contributed by atoms with Crippen LogP contribution >= 0.6 is 0 Å². The third-order valence-corrected chi connectivity index (χ3v) is 6.29. The number of ether oxygens (including phenoxy) is 1. The zero-order valence-corrected chi connectivity index (χ0v) is 16.6. The molecule has 3 rings (SSSR count). The van der Waals surface area contributed by atoms with Gasteiger partial charge in [0.2, 0.25) is 0 Å². The van der Waals surface area contributed by atoms with E-state index in [0.29, 0.717) is 43.1 Å². The molecule has 1 fully saturated rings. The van der Waals surface area contributed by atoms with Gasteiger partial charge in [-0.25, -0.2) is 8.42 Å². The second-order valence-electron chi connectivity index (χ2n) is 6.79. The molecule has 1 N–H and O–H groups in total. The van der Waals surface area contributed by atoms with Crippen LogP contribution in [-0.2, 0) is 14.8 Å². The van der Waals surface area contributed by atoms with Crippen LogP contribution in [0.3, 0.4) is 0 Å². The quantitative estimate of drug-likeness (QED) is 0.874. The fourth-order valence-electron chi connectivity index (χ4n) is 3.06. The molecule has 1 heterocycles. The van der Waals surface area contributed by atoms with Crippen molar-refractivity contribution in [2.75, 3.05) is 31.0 Å². The van der Waals surface area contributed by atoms with Gasteiger partial charge < -0.3 is 9.64 Å². The number of anilines is 1. The molecular formula is C20H24N2O4S. The number of carbonyl (C=O) groups excluding carboxylic acids is 1. The molecule has 1 amide bonds. The Morgan fingerprint density at radius 1 is 0.963 bits per heavy atom. The normalized spacial score (nSPS) is 14.9. The summed E-state index contributed by atoms with van der Waals surface area (Å²) >= 11 is 0. The summed E-state index contributed by atoms with van der Waals surface area (Å²) in [7, 11) is -3.70. The Morgan fingerprint density at radius 3 is 2.19 bits per heavy atom. The van der Waals surface area contributed by atoms with E-state index in [1.54, 1.807) is 42.2 Å². The number of benzene rings is 2. The summed E-state index contributed by atoms with van der Waals surface area (Å²) in [4.78, 5) is 14.5. The third-order valence-electron chi connectivity index (χ3n) is 4.76. The van der Waals surface area contributed by atoms with Gasteiger partial charge in [0.15, 0.2) is 0 Å². The number of hydrogen-bond donors (Lipinski definition) is 1. The Balaban J connectivity index is 1.78. The fourth-order valence-corrected chi connectivity index (χ4v) is 4.43. The first-order valence-electron chi connectivity index (χ1n) is 8.86. The van der Waals surface area contributed by atoms with Gasteiger partial charge in [0.05, 0.1) is 18.1 Å². The Morgan fingerprint density at radius 2 is 1.56 bits per heavy atom. The first kappa shape index (κ1) is 19.4. The highest BCUT2D eigenvalue weighted by atomic mass is 32.2. The van der Waals surface area contributed by atoms with E-state index in [4.69, 9.17) is 4.74 Å². The molecule has 0 saturated carbocycles. The number of amides is 1. The number of rotatable bonds is 4. The lowest BCUT2D eigenvalue weighted by Crippen LogP contribution is -2.40. The van der Waals surface area contributed by atoms with Crippen LogP contribution in [0.2, 0.25) is 0 Å². The van der Waals surface area contributed by atoms with Gasteiger partial charge in [0, 0.05) is 24.3 Å². The van der Waals surface area contributed by atoms with Crippen molar-refractivity contribution in [2.45, 2.75) is 25.7 Å². The summed E-state index contributed by atoms with van der Waals surface area (Å²) in [5.74, 6) is -0.0716. The van der Waals surface area contributed by atoms with Crippen LogP contribution in [0.25, 0.3) is 0 Å². The van der Waals surface area contributed by atoms with E-state index in [-0.39, 0.29) is 10.8 Å². The van der Waals surface area contributed by atoms with E-state index in [1.165, 1.54) is 0 Å². The lowest BCUT2D eigenvalue weighted by atomic mass is 10.1. The van der Waals surface area contributed by atoms with Gasteiger partial charge in [-0.2, -0.15) is 0 Å². The smallest absolute Gasteiger partial charge is 0.262 e. The van der Waals surface area contributed by atoms with Gasteiger partial charge >= 0.3 is 0 Å². The maximum absolute atomic E-state index is 12.8. The molecule has 1 aliphatic rings. The average Bonchev–Trinajstić information content (AvgIpc) is 2.65. The van der Waals surface area contributed by atoms with E-state index in [0.717, 1.165) is 11.1 Å². The summed E-state index contributed by atoms with van der Waals surface area (Å²) < 4.78 is 33.4. The predicted molar refractivity (Wildman–Crippen MR) is 105 cm³/mol. The molecule has 27 heavy (non-hydrogen) atoms. The Kier molecular flexibility index (Phi) is 5.53. The monoisotopic (exact) mass is 388 g/mol. The van der Waals surface area contributed by atoms with E-state index in [1.807, 2.05) is 19.9 Å². The lowest BCUT2D eigenvalue weighted by molar-refractivity contribution is 0.0303. The fraction of sp³-hybridized carbons (Fsp3) is 0.350. The Bertz CT molecular complexity index is 947. The highest BCUT2D eigenvalue weighted by Crippen LogP contribution is 2.23. The van der Waals surface area contributed by atoms with Gasteiger partial charge in [-0.05, 0) is 67.8 Å². The van der Waals surface area contributed by atoms with Crippen LogP contribution in [0.5, 0.6) is 0 Å². The van der Waals surface area contributed by atoms with Crippen LogP contribution in [0, 0.1) is 20.8 Å². The van der Waals surface area contributed by atoms with Gasteiger partial charge in [-0.15, -0.1) is 0 Å². The summed E-state index contributed by atoms with van der Waals surface area (Å²) in [6.45, 7) is 7.84. The minimum absolute atomic E-state index is 0.0716. The maximum atomic E-state index is 12.8. The average molecular weight is 388 g/mol. The number of hydrogen-bond acceptors (Lipinski definition) is 4. The number of nitrogens with one attached hydrogen (secondary N) is 1. The molecule has 7 heteroatoms. The van der Waals surface area contributed by atoms with Crippen LogP contribution in [-0.4, -0.2) is 45.5 Å². The molecule has 144 valence electrons. The van der Waals surface area contributed by atoms with Gasteiger partial charge in [-0.1, -0.05) is 6.07 Å². The number of carbonyl (C=O) groups is 1. The molecule has 1 aliphatic heterocycles. The number of sulfonamides is 1. The Labute approximate surface area is 160 Å². The molecule has 0 radical (unpaired) electrons. The third kappa shape index (κ3) is 4.31. The highest BCUT2D eigenvalue weighted by molar-refractivity contribution is 7.92. The number of nitrogens with zero attached hydrogens (tertiary/aromatic N) is 1. The van der Waals surface area contributed by atoms with E-state index >= 15 is 0 Å². The van der Waals surface area contributed by atoms with Gasteiger partial charge in [-0.3, -0.25) is 9.52 Å². The molecular weight excluding hydrogens is 364 g/mol. The van der Waals surface area contributed by atoms with Crippen molar-refractivity contribution in [1.29, 1.82) is 0 Å². The van der Waals surface area contributed by atoms with Crippen LogP contribution in [0.15, 0.2) is 41.3 Å². The summed E-state index contributed by atoms with van der Waals surface area (Å²) in [6, 6.07) is 10.1. The molecule has 2 aromatic carbocycles. The van der Waals surface area contributed by atoms with Crippen molar-refractivity contribution in [1.82, 2.24) is 4.90 Å². The number of aryl methyl sites for hydroxylation is 3. The van der Waals surface area contributed by atoms with Gasteiger partial charge in [0.1, 0.15) is 0 Å². The van der Waals surface area contributed by atoms with Crippen molar-refractivity contribution in [3.05, 3.63) is 58.7 Å². The van der Waals surface area contributed by atoms with Crippen LogP contribution in [0.1, 0.15) is 27.0 Å². The zero-order valence-electron chi connectivity index (χ0n) is 15.8. The number of morpholine rings is 1. The SMILES string of the molecule is Cc1cc(C)c(S(=O)(=O)Nc2ccc(C(=O)N3CCOCC3)cc2)cc1C. The molecule has 0 bridgehead atoms. The zero-order chi connectivity index (χ0) is 19.6. The minimum Gasteiger partial charge on any atom is -0.378 e. The molecule has 0 aromatic heterocycles. The highest BCUT2D eigenvalue weighted by Gasteiger charge is 2.20. The molecule has 0 spiro atoms. The lowest BCUT2D eigenvalue weighted by Gasteiger charge is -2.26. The first-order chi connectivity index (χ1) is 12.8. The first-order valence-corrected chi connectivity index (χ1v) is 10.3. The van der Waals surface area contributed by atoms with Crippen molar-refractivity contribution >= 4 is 21.6 Å². The molecule has 1 saturated heterocycles. The topological polar surface area (TPSA) is 75.7 Å². The predicted octanol–water partition coefficient (Wildman–Crippen LogP) is 2.89. The minimum atomic E-state index is -3.70. The van der Waals surface area contributed by atoms with Crippen molar-refractivity contribution < 1.29 is 17.9 Å². The van der Waals surface area contributed by atoms with E-state index in [2.05, 4.69) is 4.72 Å². The van der Waals surface area contributed by atoms with Crippen LogP contribution < -0.4 is 4.72 Å². The summed E-state index contributed by atoms with van der Waals surface area (Å²) in [5, 5.41) is 0. The van der Waals surface area contributed by atoms with Crippen LogP contribution in [0.4, 0.5) is 5.69 Å². The molecule has 0 aliphatic carbocycles. The van der Waals surface area contributed by atoms with E-state index in [9.17, 15) is 13.2 Å². The second-order valence-corrected chi connectivity index (χ2v) is 8.44. The molecule has 6 nitrogen and oxygen atoms in total. The van der Waals surface area contributed by atoms with Gasteiger partial charge in [0.25, 0.3) is 15.9 Å². The van der Waals surface area contributed by atoms with Crippen molar-refractivity contribution in [2.24, 2.45) is 0 Å². The van der Waals surface area contributed by atoms with Crippen molar-refractivity contribution in [3.8, 4) is 0 Å². The second kappa shape index (κ2) is 7.70.